The van der Waals surface area contributed by atoms with Crippen LogP contribution < -0.4 is 10.9 Å². The smallest absolute Gasteiger partial charge is 0.271 e. The third kappa shape index (κ3) is 2.37. The second-order valence-electron chi connectivity index (χ2n) is 5.94. The maximum absolute atomic E-state index is 13.0. The van der Waals surface area contributed by atoms with Gasteiger partial charge in [-0.1, -0.05) is 19.3 Å². The molecule has 5 nitrogen and oxygen atoms in total. The number of rotatable bonds is 2. The van der Waals surface area contributed by atoms with Crippen LogP contribution in [0.2, 0.25) is 0 Å². The number of nitrogens with one attached hydrogen (secondary N) is 1. The number of nitrogens with zero attached hydrogens (tertiary/aromatic N) is 3. The Labute approximate surface area is 145 Å². The fourth-order valence-electron chi connectivity index (χ4n) is 3.45. The first-order valence-electron chi connectivity index (χ1n) is 7.86. The first-order valence-corrected chi connectivity index (χ1v) is 9.47. The fourth-order valence-corrected chi connectivity index (χ4v) is 4.99. The van der Waals surface area contributed by atoms with Crippen LogP contribution in [0.3, 0.4) is 0 Å². The molecule has 120 valence electrons. The Bertz CT molecular complexity index is 943. The van der Waals surface area contributed by atoms with Crippen molar-refractivity contribution in [3.05, 3.63) is 27.4 Å². The molecule has 3 heterocycles. The highest BCUT2D eigenvalue weighted by molar-refractivity contribution is 9.10. The van der Waals surface area contributed by atoms with Crippen molar-refractivity contribution in [1.82, 2.24) is 14.5 Å². The average Bonchev–Trinajstić information content (AvgIpc) is 2.96. The van der Waals surface area contributed by atoms with Crippen molar-refractivity contribution in [3.8, 4) is 0 Å². The van der Waals surface area contributed by atoms with E-state index in [1.54, 1.807) is 12.5 Å². The van der Waals surface area contributed by atoms with Crippen molar-refractivity contribution < 1.29 is 0 Å². The monoisotopic (exact) mass is 392 g/mol. The summed E-state index contributed by atoms with van der Waals surface area (Å²) in [6.07, 6.45) is 9.30. The molecule has 1 saturated carbocycles. The predicted octanol–water partition coefficient (Wildman–Crippen LogP) is 4.32. The molecule has 0 atom stereocenters. The lowest BCUT2D eigenvalue weighted by molar-refractivity contribution is 0.345. The highest BCUT2D eigenvalue weighted by Crippen LogP contribution is 2.38. The molecule has 3 aromatic rings. The highest BCUT2D eigenvalue weighted by atomic mass is 79.9. The van der Waals surface area contributed by atoms with E-state index in [9.17, 15) is 4.79 Å². The summed E-state index contributed by atoms with van der Waals surface area (Å²) in [6.45, 7) is 0. The molecular formula is C16H17BrN4OS. The number of pyridine rings is 1. The van der Waals surface area contributed by atoms with Gasteiger partial charge in [-0.3, -0.25) is 9.36 Å². The zero-order valence-corrected chi connectivity index (χ0v) is 15.2. The number of anilines is 1. The Morgan fingerprint density at radius 1 is 1.30 bits per heavy atom. The van der Waals surface area contributed by atoms with Gasteiger partial charge in [-0.05, 0) is 28.8 Å². The van der Waals surface area contributed by atoms with E-state index in [1.165, 1.54) is 30.6 Å². The SMILES string of the molecule is CNc1c(Br)cnc2sc3c(=O)n(C4CCCCC4)cnc3c12. The lowest BCUT2D eigenvalue weighted by Crippen LogP contribution is -2.26. The summed E-state index contributed by atoms with van der Waals surface area (Å²) in [7, 11) is 1.87. The summed E-state index contributed by atoms with van der Waals surface area (Å²) < 4.78 is 3.42. The van der Waals surface area contributed by atoms with E-state index >= 15 is 0 Å². The summed E-state index contributed by atoms with van der Waals surface area (Å²) in [5.74, 6) is 0. The van der Waals surface area contributed by atoms with E-state index in [1.807, 2.05) is 11.6 Å². The molecule has 0 spiro atoms. The molecule has 1 aliphatic rings. The molecule has 4 rings (SSSR count). The number of hydrogen-bond acceptors (Lipinski definition) is 5. The van der Waals surface area contributed by atoms with Crippen molar-refractivity contribution in [3.63, 3.8) is 0 Å². The van der Waals surface area contributed by atoms with Crippen molar-refractivity contribution >= 4 is 53.4 Å². The van der Waals surface area contributed by atoms with E-state index in [0.29, 0.717) is 10.7 Å². The first-order chi connectivity index (χ1) is 11.2. The second-order valence-corrected chi connectivity index (χ2v) is 7.79. The Morgan fingerprint density at radius 3 is 2.83 bits per heavy atom. The number of aromatic nitrogens is 3. The number of halogens is 1. The standard InChI is InChI=1S/C16H17BrN4OS/c1-18-12-10(17)7-19-15-11(12)13-14(23-15)16(22)21(8-20-13)9-5-3-2-4-6-9/h7-9H,2-6H2,1H3,(H,18,19). The molecule has 0 aliphatic heterocycles. The summed E-state index contributed by atoms with van der Waals surface area (Å²) in [4.78, 5) is 22.9. The van der Waals surface area contributed by atoms with E-state index < -0.39 is 0 Å². The average molecular weight is 393 g/mol. The zero-order valence-electron chi connectivity index (χ0n) is 12.8. The van der Waals surface area contributed by atoms with Gasteiger partial charge in [0.25, 0.3) is 5.56 Å². The second kappa shape index (κ2) is 5.87. The summed E-state index contributed by atoms with van der Waals surface area (Å²) in [5, 5.41) is 4.11. The summed E-state index contributed by atoms with van der Waals surface area (Å²) in [5.41, 5.74) is 1.76. The first kappa shape index (κ1) is 15.1. The zero-order chi connectivity index (χ0) is 16.0. The predicted molar refractivity (Wildman–Crippen MR) is 98.5 cm³/mol. The normalized spacial score (nSPS) is 16.3. The molecule has 0 unspecified atom stereocenters. The van der Waals surface area contributed by atoms with Gasteiger partial charge in [0, 0.05) is 19.3 Å². The van der Waals surface area contributed by atoms with Crippen LogP contribution in [-0.2, 0) is 0 Å². The minimum absolute atomic E-state index is 0.0723. The Morgan fingerprint density at radius 2 is 2.09 bits per heavy atom. The van der Waals surface area contributed by atoms with E-state index in [2.05, 4.69) is 31.2 Å². The minimum Gasteiger partial charge on any atom is -0.387 e. The van der Waals surface area contributed by atoms with Gasteiger partial charge >= 0.3 is 0 Å². The maximum atomic E-state index is 13.0. The van der Waals surface area contributed by atoms with Crippen LogP contribution in [0.15, 0.2) is 21.8 Å². The van der Waals surface area contributed by atoms with Gasteiger partial charge in [-0.2, -0.15) is 0 Å². The number of hydrogen-bond donors (Lipinski definition) is 1. The molecule has 3 aromatic heterocycles. The van der Waals surface area contributed by atoms with Crippen molar-refractivity contribution in [1.29, 1.82) is 0 Å². The largest absolute Gasteiger partial charge is 0.387 e. The molecule has 0 amide bonds. The van der Waals surface area contributed by atoms with Crippen LogP contribution in [-0.4, -0.2) is 21.6 Å². The van der Waals surface area contributed by atoms with E-state index in [0.717, 1.165) is 38.7 Å². The summed E-state index contributed by atoms with van der Waals surface area (Å²) >= 11 is 4.95. The molecule has 0 radical (unpaired) electrons. The van der Waals surface area contributed by atoms with Gasteiger partial charge in [0.05, 0.1) is 21.9 Å². The van der Waals surface area contributed by atoms with Gasteiger partial charge in [0.2, 0.25) is 0 Å². The molecule has 1 aliphatic carbocycles. The van der Waals surface area contributed by atoms with Crippen molar-refractivity contribution in [2.75, 3.05) is 12.4 Å². The quantitative estimate of drug-likeness (QED) is 0.705. The molecule has 0 saturated heterocycles. The Kier molecular flexibility index (Phi) is 3.85. The third-order valence-corrected chi connectivity index (χ3v) is 6.28. The minimum atomic E-state index is 0.0723. The highest BCUT2D eigenvalue weighted by Gasteiger charge is 2.21. The maximum Gasteiger partial charge on any atom is 0.271 e. The lowest BCUT2D eigenvalue weighted by atomic mass is 9.95. The molecule has 23 heavy (non-hydrogen) atoms. The van der Waals surface area contributed by atoms with Crippen LogP contribution in [0.4, 0.5) is 5.69 Å². The van der Waals surface area contributed by atoms with Crippen LogP contribution in [0.1, 0.15) is 38.1 Å². The van der Waals surface area contributed by atoms with Crippen molar-refractivity contribution in [2.24, 2.45) is 0 Å². The topological polar surface area (TPSA) is 59.8 Å². The van der Waals surface area contributed by atoms with Crippen LogP contribution in [0, 0.1) is 0 Å². The molecule has 1 N–H and O–H groups in total. The lowest BCUT2D eigenvalue weighted by Gasteiger charge is -2.23. The van der Waals surface area contributed by atoms with E-state index in [-0.39, 0.29) is 5.56 Å². The van der Waals surface area contributed by atoms with Gasteiger partial charge in [-0.25, -0.2) is 9.97 Å². The molecule has 1 fully saturated rings. The summed E-state index contributed by atoms with van der Waals surface area (Å²) in [6, 6.07) is 0.293. The van der Waals surface area contributed by atoms with Gasteiger partial charge < -0.3 is 5.32 Å². The number of thiophene rings is 1. The Balaban J connectivity index is 1.98. The molecular weight excluding hydrogens is 376 g/mol. The van der Waals surface area contributed by atoms with Gasteiger partial charge in [0.15, 0.2) is 0 Å². The van der Waals surface area contributed by atoms with Crippen LogP contribution in [0.25, 0.3) is 20.4 Å². The van der Waals surface area contributed by atoms with Gasteiger partial charge in [-0.15, -0.1) is 11.3 Å². The van der Waals surface area contributed by atoms with Crippen molar-refractivity contribution in [2.45, 2.75) is 38.1 Å². The van der Waals surface area contributed by atoms with Crippen LogP contribution >= 0.6 is 27.3 Å². The number of fused-ring (bicyclic) bond motifs is 3. The van der Waals surface area contributed by atoms with Crippen LogP contribution in [0.5, 0.6) is 0 Å². The molecule has 0 bridgehead atoms. The Hall–Kier alpha value is -1.47. The van der Waals surface area contributed by atoms with Gasteiger partial charge in [0.1, 0.15) is 15.0 Å². The molecule has 7 heteroatoms. The fraction of sp³-hybridized carbons (Fsp3) is 0.438. The van der Waals surface area contributed by atoms with E-state index in [4.69, 9.17) is 0 Å². The molecule has 0 aromatic carbocycles. The third-order valence-electron chi connectivity index (χ3n) is 4.61.